The minimum atomic E-state index is -1.53. The maximum atomic E-state index is 14.6. The Bertz CT molecular complexity index is 1610. The number of carbonyl (C=O) groups excluding carboxylic acids is 1. The van der Waals surface area contributed by atoms with Gasteiger partial charge >= 0.3 is 0 Å². The molecule has 0 aliphatic carbocycles. The van der Waals surface area contributed by atoms with E-state index in [0.717, 1.165) is 19.3 Å². The van der Waals surface area contributed by atoms with Gasteiger partial charge in [-0.25, -0.2) is 10.0 Å². The Morgan fingerprint density at radius 3 is 2.49 bits per heavy atom. The van der Waals surface area contributed by atoms with Crippen LogP contribution in [0, 0.1) is 0 Å². The lowest BCUT2D eigenvalue weighted by atomic mass is 9.80. The molecule has 13 nitrogen and oxygen atoms in total. The van der Waals surface area contributed by atoms with E-state index in [4.69, 9.17) is 25.1 Å². The van der Waals surface area contributed by atoms with E-state index in [9.17, 15) is 10.3 Å². The van der Waals surface area contributed by atoms with Crippen molar-refractivity contribution in [3.05, 3.63) is 116 Å². The van der Waals surface area contributed by atoms with Crippen LogP contribution in [-0.4, -0.2) is 53.8 Å². The first kappa shape index (κ1) is 31.4. The summed E-state index contributed by atoms with van der Waals surface area (Å²) in [6.07, 6.45) is 2.68. The van der Waals surface area contributed by atoms with Crippen LogP contribution in [0.2, 0.25) is 0 Å². The zero-order valence-electron chi connectivity index (χ0n) is 24.8. The van der Waals surface area contributed by atoms with E-state index in [0.29, 0.717) is 59.8 Å². The van der Waals surface area contributed by atoms with E-state index < -0.39 is 11.6 Å². The molecule has 0 aromatic heterocycles. The number of hydrogen-bond donors (Lipinski definition) is 2. The average molecular weight is 610 g/mol. The fraction of sp³-hybridized carbons (Fsp3) is 0.375. The predicted molar refractivity (Wildman–Crippen MR) is 169 cm³/mol. The number of aliphatic hydroxyl groups excluding tert-OH is 1. The standard InChI is InChI=1S/C32H35N9O4/c33-39-35-22-25-10-2-4-11-27(25)29-32(31(43)38-41-17-6-1-7-18-41,21-24-9-3-5-12-28(24)37-40-34)36-30(45-29)23-13-15-26(16-14-23)44-20-8-19-42/h2-5,9-16,29,42H,1,6-8,17-22H2,(H,38,43)/t29-,32-/m0/s1. The van der Waals surface area contributed by atoms with Crippen molar-refractivity contribution in [3.8, 4) is 5.75 Å². The number of benzene rings is 3. The third-order valence-electron chi connectivity index (χ3n) is 7.89. The summed E-state index contributed by atoms with van der Waals surface area (Å²) in [5.41, 5.74) is 23.0. The fourth-order valence-corrected chi connectivity index (χ4v) is 5.64. The molecule has 1 amide bonds. The van der Waals surface area contributed by atoms with Gasteiger partial charge < -0.3 is 14.6 Å². The van der Waals surface area contributed by atoms with Gasteiger partial charge in [-0.05, 0) is 64.9 Å². The number of nitrogens with one attached hydrogen (secondary N) is 1. The van der Waals surface area contributed by atoms with Crippen LogP contribution in [0.4, 0.5) is 5.69 Å². The Labute approximate surface area is 260 Å². The zero-order chi connectivity index (χ0) is 31.5. The topological polar surface area (TPSA) is 181 Å². The summed E-state index contributed by atoms with van der Waals surface area (Å²) in [6, 6.07) is 21.7. The van der Waals surface area contributed by atoms with Crippen LogP contribution in [0.25, 0.3) is 20.9 Å². The molecule has 0 unspecified atom stereocenters. The SMILES string of the molecule is [N-]=[N+]=NCc1ccccc1[C@@H]1OC(c2ccc(OCCCO)cc2)=N[C@]1(Cc1ccccc1N=[N+]=[N-])C(=O)NN1CCCCC1. The third-order valence-corrected chi connectivity index (χ3v) is 7.89. The molecule has 2 aliphatic heterocycles. The summed E-state index contributed by atoms with van der Waals surface area (Å²) in [7, 11) is 0. The van der Waals surface area contributed by atoms with Crippen LogP contribution in [0.1, 0.15) is 54.0 Å². The highest BCUT2D eigenvalue weighted by Gasteiger charge is 2.54. The highest BCUT2D eigenvalue weighted by atomic mass is 16.5. The van der Waals surface area contributed by atoms with Crippen LogP contribution in [-0.2, 0) is 22.5 Å². The number of ether oxygens (including phenoxy) is 2. The lowest BCUT2D eigenvalue weighted by Gasteiger charge is -2.35. The van der Waals surface area contributed by atoms with Crippen molar-refractivity contribution in [1.82, 2.24) is 10.4 Å². The molecule has 3 aromatic carbocycles. The third kappa shape index (κ3) is 7.36. The van der Waals surface area contributed by atoms with Crippen LogP contribution in [0.3, 0.4) is 0 Å². The van der Waals surface area contributed by atoms with E-state index in [2.05, 4.69) is 25.5 Å². The number of aliphatic hydroxyl groups is 1. The van der Waals surface area contributed by atoms with Gasteiger partial charge in [-0.15, -0.1) is 0 Å². The summed E-state index contributed by atoms with van der Waals surface area (Å²) in [6.45, 7) is 1.90. The van der Waals surface area contributed by atoms with Crippen LogP contribution in [0.15, 0.2) is 88.0 Å². The first-order valence-corrected chi connectivity index (χ1v) is 15.0. The van der Waals surface area contributed by atoms with Crippen LogP contribution >= 0.6 is 0 Å². The molecule has 0 saturated carbocycles. The Morgan fingerprint density at radius 2 is 1.76 bits per heavy atom. The molecule has 1 fully saturated rings. The molecule has 1 saturated heterocycles. The van der Waals surface area contributed by atoms with Crippen molar-refractivity contribution in [2.24, 2.45) is 15.2 Å². The van der Waals surface area contributed by atoms with Crippen molar-refractivity contribution >= 4 is 17.5 Å². The molecule has 232 valence electrons. The number of amides is 1. The number of hydrazine groups is 1. The van der Waals surface area contributed by atoms with E-state index in [-0.39, 0.29) is 31.4 Å². The van der Waals surface area contributed by atoms with Crippen molar-refractivity contribution in [1.29, 1.82) is 0 Å². The molecule has 0 spiro atoms. The molecule has 0 radical (unpaired) electrons. The second kappa shape index (κ2) is 15.1. The van der Waals surface area contributed by atoms with Gasteiger partial charge in [-0.2, -0.15) is 0 Å². The van der Waals surface area contributed by atoms with Crippen molar-refractivity contribution in [2.75, 3.05) is 26.3 Å². The van der Waals surface area contributed by atoms with Crippen LogP contribution < -0.4 is 10.2 Å². The van der Waals surface area contributed by atoms with Gasteiger partial charge in [0.1, 0.15) is 5.75 Å². The van der Waals surface area contributed by atoms with E-state index in [1.165, 1.54) is 0 Å². The second-order valence-corrected chi connectivity index (χ2v) is 10.9. The molecule has 2 atom stereocenters. The first-order chi connectivity index (χ1) is 22.1. The number of nitrogens with zero attached hydrogens (tertiary/aromatic N) is 8. The number of azide groups is 2. The van der Waals surface area contributed by atoms with Gasteiger partial charge in [0.15, 0.2) is 11.6 Å². The number of piperidine rings is 1. The fourth-order valence-electron chi connectivity index (χ4n) is 5.64. The number of rotatable bonds is 13. The van der Waals surface area contributed by atoms with Crippen LogP contribution in [0.5, 0.6) is 5.75 Å². The lowest BCUT2D eigenvalue weighted by Crippen LogP contribution is -2.56. The molecule has 2 heterocycles. The predicted octanol–water partition coefficient (Wildman–Crippen LogP) is 6.22. The summed E-state index contributed by atoms with van der Waals surface area (Å²) in [4.78, 5) is 25.7. The Kier molecular flexibility index (Phi) is 10.5. The zero-order valence-corrected chi connectivity index (χ0v) is 24.8. The maximum absolute atomic E-state index is 14.6. The number of carbonyl (C=O) groups is 1. The van der Waals surface area contributed by atoms with E-state index >= 15 is 0 Å². The number of aliphatic imine (C=N–C) groups is 1. The van der Waals surface area contributed by atoms with Gasteiger partial charge in [0.05, 0.1) is 13.2 Å². The van der Waals surface area contributed by atoms with Gasteiger partial charge in [0, 0.05) is 53.6 Å². The molecule has 2 N–H and O–H groups in total. The monoisotopic (exact) mass is 609 g/mol. The highest BCUT2D eigenvalue weighted by Crippen LogP contribution is 2.45. The molecule has 13 heteroatoms. The molecular weight excluding hydrogens is 574 g/mol. The lowest BCUT2D eigenvalue weighted by molar-refractivity contribution is -0.134. The largest absolute Gasteiger partial charge is 0.494 e. The van der Waals surface area contributed by atoms with E-state index in [1.54, 1.807) is 24.3 Å². The molecule has 5 rings (SSSR count). The van der Waals surface area contributed by atoms with E-state index in [1.807, 2.05) is 53.5 Å². The molecular formula is C32H35N9O4. The second-order valence-electron chi connectivity index (χ2n) is 10.9. The molecule has 45 heavy (non-hydrogen) atoms. The van der Waals surface area contributed by atoms with Gasteiger partial charge in [0.2, 0.25) is 5.90 Å². The van der Waals surface area contributed by atoms with Crippen molar-refractivity contribution in [2.45, 2.75) is 50.3 Å². The average Bonchev–Trinajstić information content (AvgIpc) is 3.46. The normalized spacial score (nSPS) is 19.4. The highest BCUT2D eigenvalue weighted by molar-refractivity contribution is 6.01. The van der Waals surface area contributed by atoms with Crippen molar-refractivity contribution in [3.63, 3.8) is 0 Å². The molecule has 2 aliphatic rings. The maximum Gasteiger partial charge on any atom is 0.266 e. The summed E-state index contributed by atoms with van der Waals surface area (Å²) >= 11 is 0. The van der Waals surface area contributed by atoms with Gasteiger partial charge in [0.25, 0.3) is 5.91 Å². The van der Waals surface area contributed by atoms with Crippen molar-refractivity contribution < 1.29 is 19.4 Å². The van der Waals surface area contributed by atoms with Gasteiger partial charge in [-0.3, -0.25) is 10.2 Å². The number of hydrogen-bond acceptors (Lipinski definition) is 8. The Morgan fingerprint density at radius 1 is 1.02 bits per heavy atom. The smallest absolute Gasteiger partial charge is 0.266 e. The Hall–Kier alpha value is -5.06. The Balaban J connectivity index is 1.64. The summed E-state index contributed by atoms with van der Waals surface area (Å²) in [5, 5.41) is 18.7. The van der Waals surface area contributed by atoms with Gasteiger partial charge in [-0.1, -0.05) is 65.2 Å². The summed E-state index contributed by atoms with van der Waals surface area (Å²) in [5.74, 6) is 0.526. The quantitative estimate of drug-likeness (QED) is 0.101. The minimum absolute atomic E-state index is 0.0374. The molecule has 0 bridgehead atoms. The molecule has 3 aromatic rings. The summed E-state index contributed by atoms with van der Waals surface area (Å²) < 4.78 is 12.3. The first-order valence-electron chi connectivity index (χ1n) is 15.0. The minimum Gasteiger partial charge on any atom is -0.494 e.